The molecular formula is C19H21NO. The van der Waals surface area contributed by atoms with Crippen molar-refractivity contribution in [3.05, 3.63) is 71.3 Å². The van der Waals surface area contributed by atoms with Crippen LogP contribution in [0.15, 0.2) is 54.6 Å². The van der Waals surface area contributed by atoms with Crippen LogP contribution in [0.2, 0.25) is 0 Å². The molecule has 2 aromatic rings. The summed E-state index contributed by atoms with van der Waals surface area (Å²) in [7, 11) is 1.72. The molecule has 0 N–H and O–H groups in total. The first-order valence-corrected chi connectivity index (χ1v) is 7.45. The first kappa shape index (κ1) is 13.9. The van der Waals surface area contributed by atoms with Crippen molar-refractivity contribution in [1.82, 2.24) is 4.90 Å². The molecule has 0 spiro atoms. The van der Waals surface area contributed by atoms with E-state index in [0.29, 0.717) is 0 Å². The molecule has 2 aromatic carbocycles. The van der Waals surface area contributed by atoms with Crippen molar-refractivity contribution in [2.75, 3.05) is 20.2 Å². The summed E-state index contributed by atoms with van der Waals surface area (Å²) in [6.07, 6.45) is 5.53. The van der Waals surface area contributed by atoms with Gasteiger partial charge in [0.15, 0.2) is 0 Å². The molecule has 108 valence electrons. The molecule has 1 heterocycles. The molecule has 0 atom stereocenters. The number of hydrogen-bond acceptors (Lipinski definition) is 2. The average molecular weight is 279 g/mol. The minimum absolute atomic E-state index is 0.928. The van der Waals surface area contributed by atoms with Gasteiger partial charge in [0, 0.05) is 25.2 Å². The molecule has 0 bridgehead atoms. The van der Waals surface area contributed by atoms with Gasteiger partial charge in [0.2, 0.25) is 0 Å². The Morgan fingerprint density at radius 3 is 2.67 bits per heavy atom. The molecule has 0 radical (unpaired) electrons. The molecular weight excluding hydrogens is 258 g/mol. The summed E-state index contributed by atoms with van der Waals surface area (Å²) in [6, 6.07) is 16.9. The molecule has 0 aromatic heterocycles. The Labute approximate surface area is 126 Å². The summed E-state index contributed by atoms with van der Waals surface area (Å²) in [5.41, 5.74) is 4.11. The largest absolute Gasteiger partial charge is 0.496 e. The molecule has 1 aliphatic heterocycles. The maximum atomic E-state index is 5.37. The van der Waals surface area contributed by atoms with E-state index in [-0.39, 0.29) is 0 Å². The van der Waals surface area contributed by atoms with Gasteiger partial charge >= 0.3 is 0 Å². The number of fused-ring (bicyclic) bond motifs is 1. The normalized spacial score (nSPS) is 15.1. The Hall–Kier alpha value is -2.06. The highest BCUT2D eigenvalue weighted by atomic mass is 16.5. The molecule has 3 rings (SSSR count). The zero-order valence-corrected chi connectivity index (χ0v) is 12.5. The molecule has 2 heteroatoms. The van der Waals surface area contributed by atoms with Crippen LogP contribution in [-0.4, -0.2) is 25.1 Å². The lowest BCUT2D eigenvalue weighted by molar-refractivity contribution is 0.282. The zero-order chi connectivity index (χ0) is 14.5. The third-order valence-electron chi connectivity index (χ3n) is 4.01. The van der Waals surface area contributed by atoms with Gasteiger partial charge in [-0.2, -0.15) is 0 Å². The Bertz CT molecular complexity index is 633. The van der Waals surface area contributed by atoms with Gasteiger partial charge in [0.1, 0.15) is 5.75 Å². The number of ether oxygens (including phenoxy) is 1. The van der Waals surface area contributed by atoms with E-state index in [9.17, 15) is 0 Å². The van der Waals surface area contributed by atoms with E-state index >= 15 is 0 Å². The smallest absolute Gasteiger partial charge is 0.126 e. The van der Waals surface area contributed by atoms with E-state index < -0.39 is 0 Å². The zero-order valence-electron chi connectivity index (χ0n) is 12.5. The topological polar surface area (TPSA) is 12.5 Å². The van der Waals surface area contributed by atoms with Gasteiger partial charge < -0.3 is 4.74 Å². The van der Waals surface area contributed by atoms with E-state index in [1.807, 2.05) is 18.2 Å². The second kappa shape index (κ2) is 6.59. The van der Waals surface area contributed by atoms with Crippen molar-refractivity contribution < 1.29 is 4.74 Å². The van der Waals surface area contributed by atoms with Crippen LogP contribution in [0.5, 0.6) is 5.75 Å². The Kier molecular flexibility index (Phi) is 4.37. The summed E-state index contributed by atoms with van der Waals surface area (Å²) in [4.78, 5) is 2.48. The quantitative estimate of drug-likeness (QED) is 0.845. The van der Waals surface area contributed by atoms with Gasteiger partial charge in [-0.1, -0.05) is 54.6 Å². The molecule has 0 amide bonds. The van der Waals surface area contributed by atoms with Crippen LogP contribution in [-0.2, 0) is 13.0 Å². The van der Waals surface area contributed by atoms with E-state index in [1.54, 1.807) is 7.11 Å². The first-order chi connectivity index (χ1) is 10.4. The lowest BCUT2D eigenvalue weighted by Crippen LogP contribution is -2.30. The van der Waals surface area contributed by atoms with Crippen molar-refractivity contribution in [2.24, 2.45) is 0 Å². The third-order valence-corrected chi connectivity index (χ3v) is 4.01. The fourth-order valence-corrected chi connectivity index (χ4v) is 2.84. The molecule has 0 saturated heterocycles. The second-order valence-corrected chi connectivity index (χ2v) is 5.40. The highest BCUT2D eigenvalue weighted by molar-refractivity contribution is 5.57. The van der Waals surface area contributed by atoms with Gasteiger partial charge in [-0.3, -0.25) is 4.90 Å². The van der Waals surface area contributed by atoms with Crippen LogP contribution >= 0.6 is 0 Å². The predicted molar refractivity (Wildman–Crippen MR) is 87.5 cm³/mol. The van der Waals surface area contributed by atoms with Crippen molar-refractivity contribution >= 4 is 6.08 Å². The molecule has 21 heavy (non-hydrogen) atoms. The maximum Gasteiger partial charge on any atom is 0.126 e. The standard InChI is InChI=1S/C19H21NO/c1-21-19-11-5-4-8-17(19)10-6-13-20-14-12-16-7-2-3-9-18(16)15-20/h2-11H,12-15H2,1H3/b10-6-. The molecule has 2 nitrogen and oxygen atoms in total. The molecule has 1 aliphatic rings. The molecule has 0 unspecified atom stereocenters. The van der Waals surface area contributed by atoms with Crippen LogP contribution in [0.3, 0.4) is 0 Å². The maximum absolute atomic E-state index is 5.37. The van der Waals surface area contributed by atoms with E-state index in [2.05, 4.69) is 47.4 Å². The summed E-state index contributed by atoms with van der Waals surface area (Å²) >= 11 is 0. The SMILES string of the molecule is COc1ccccc1/C=C\CN1CCc2ccccc2C1. The minimum atomic E-state index is 0.928. The van der Waals surface area contributed by atoms with Gasteiger partial charge in [0.05, 0.1) is 7.11 Å². The predicted octanol–water partition coefficient (Wildman–Crippen LogP) is 3.77. The van der Waals surface area contributed by atoms with Crippen molar-refractivity contribution in [1.29, 1.82) is 0 Å². The number of rotatable bonds is 4. The van der Waals surface area contributed by atoms with Crippen LogP contribution < -0.4 is 4.74 Å². The Morgan fingerprint density at radius 1 is 1.05 bits per heavy atom. The minimum Gasteiger partial charge on any atom is -0.496 e. The lowest BCUT2D eigenvalue weighted by atomic mass is 10.00. The summed E-state index contributed by atoms with van der Waals surface area (Å²) in [6.45, 7) is 3.16. The average Bonchev–Trinajstić information content (AvgIpc) is 2.55. The van der Waals surface area contributed by atoms with Crippen LogP contribution in [0.4, 0.5) is 0 Å². The number of nitrogens with zero attached hydrogens (tertiary/aromatic N) is 1. The van der Waals surface area contributed by atoms with Gasteiger partial charge in [0.25, 0.3) is 0 Å². The van der Waals surface area contributed by atoms with Gasteiger partial charge in [-0.15, -0.1) is 0 Å². The van der Waals surface area contributed by atoms with E-state index in [0.717, 1.165) is 37.4 Å². The van der Waals surface area contributed by atoms with E-state index in [1.165, 1.54) is 11.1 Å². The number of hydrogen-bond donors (Lipinski definition) is 0. The van der Waals surface area contributed by atoms with Crippen molar-refractivity contribution in [3.63, 3.8) is 0 Å². The summed E-state index contributed by atoms with van der Waals surface area (Å²) in [5, 5.41) is 0. The molecule has 0 fully saturated rings. The highest BCUT2D eigenvalue weighted by Crippen LogP contribution is 2.20. The van der Waals surface area contributed by atoms with Gasteiger partial charge in [-0.25, -0.2) is 0 Å². The lowest BCUT2D eigenvalue weighted by Gasteiger charge is -2.27. The Balaban J connectivity index is 1.62. The second-order valence-electron chi connectivity index (χ2n) is 5.40. The number of benzene rings is 2. The summed E-state index contributed by atoms with van der Waals surface area (Å²) in [5.74, 6) is 0.928. The van der Waals surface area contributed by atoms with Crippen molar-refractivity contribution in [3.8, 4) is 5.75 Å². The fraction of sp³-hybridized carbons (Fsp3) is 0.263. The van der Waals surface area contributed by atoms with Gasteiger partial charge in [-0.05, 0) is 23.6 Å². The number of methoxy groups -OCH3 is 1. The Morgan fingerprint density at radius 2 is 1.81 bits per heavy atom. The van der Waals surface area contributed by atoms with Crippen LogP contribution in [0.1, 0.15) is 16.7 Å². The fourth-order valence-electron chi connectivity index (χ4n) is 2.84. The van der Waals surface area contributed by atoms with Crippen LogP contribution in [0.25, 0.3) is 6.08 Å². The van der Waals surface area contributed by atoms with Crippen LogP contribution in [0, 0.1) is 0 Å². The summed E-state index contributed by atoms with van der Waals surface area (Å²) < 4.78 is 5.37. The number of para-hydroxylation sites is 1. The first-order valence-electron chi connectivity index (χ1n) is 7.45. The molecule has 0 saturated carbocycles. The van der Waals surface area contributed by atoms with Crippen molar-refractivity contribution in [2.45, 2.75) is 13.0 Å². The highest BCUT2D eigenvalue weighted by Gasteiger charge is 2.13. The molecule has 0 aliphatic carbocycles. The third kappa shape index (κ3) is 3.34. The monoisotopic (exact) mass is 279 g/mol. The van der Waals surface area contributed by atoms with E-state index in [4.69, 9.17) is 4.74 Å².